The van der Waals surface area contributed by atoms with E-state index in [0.717, 1.165) is 11.1 Å². The molecule has 0 aliphatic carbocycles. The Morgan fingerprint density at radius 1 is 1.03 bits per heavy atom. The molecule has 0 saturated heterocycles. The highest BCUT2D eigenvalue weighted by atomic mass is 35.5. The summed E-state index contributed by atoms with van der Waals surface area (Å²) < 4.78 is 5.39. The quantitative estimate of drug-likeness (QED) is 0.255. The van der Waals surface area contributed by atoms with Gasteiger partial charge >= 0.3 is 12.2 Å². The molecule has 2 amide bonds. The van der Waals surface area contributed by atoms with Crippen LogP contribution in [0.15, 0.2) is 48.7 Å². The summed E-state index contributed by atoms with van der Waals surface area (Å²) in [4.78, 5) is 31.3. The van der Waals surface area contributed by atoms with Gasteiger partial charge in [0.05, 0.1) is 6.20 Å². The molecule has 0 unspecified atom stereocenters. The zero-order chi connectivity index (χ0) is 25.6. The molecule has 35 heavy (non-hydrogen) atoms. The Morgan fingerprint density at radius 2 is 1.80 bits per heavy atom. The van der Waals surface area contributed by atoms with Gasteiger partial charge in [-0.15, -0.1) is 0 Å². The molecule has 0 fully saturated rings. The predicted molar refractivity (Wildman–Crippen MR) is 137 cm³/mol. The molecule has 0 spiro atoms. The monoisotopic (exact) mass is 517 g/mol. The Kier molecular flexibility index (Phi) is 8.37. The van der Waals surface area contributed by atoms with Crippen LogP contribution in [-0.2, 0) is 17.6 Å². The standard InChI is InChI=1S/C24H25Cl2N5O4/c1-24(2,3)35-23(34)30-19-10-9-17(28-20-18(25)13-27-21(26)31-20)12-15(19)8-7-14-5-4-6-16(11-14)29-22(32)33/h4-6,9-13,29H,7-8H2,1-3H3,(H,30,34)(H,32,33)(H,27,28,31). The van der Waals surface area contributed by atoms with Crippen molar-refractivity contribution in [3.63, 3.8) is 0 Å². The van der Waals surface area contributed by atoms with Crippen LogP contribution in [0, 0.1) is 0 Å². The average Bonchev–Trinajstić information content (AvgIpc) is 2.75. The van der Waals surface area contributed by atoms with Gasteiger partial charge in [-0.25, -0.2) is 14.6 Å². The molecule has 9 nitrogen and oxygen atoms in total. The maximum atomic E-state index is 12.4. The number of hydrogen-bond donors (Lipinski definition) is 4. The zero-order valence-corrected chi connectivity index (χ0v) is 20.9. The summed E-state index contributed by atoms with van der Waals surface area (Å²) >= 11 is 12.1. The van der Waals surface area contributed by atoms with E-state index in [0.29, 0.717) is 40.7 Å². The number of hydrogen-bond acceptors (Lipinski definition) is 6. The third kappa shape index (κ3) is 8.31. The fourth-order valence-electron chi connectivity index (χ4n) is 3.19. The normalized spacial score (nSPS) is 11.0. The minimum absolute atomic E-state index is 0.0511. The van der Waals surface area contributed by atoms with Crippen LogP contribution in [0.2, 0.25) is 10.3 Å². The van der Waals surface area contributed by atoms with Crippen LogP contribution >= 0.6 is 23.2 Å². The smallest absolute Gasteiger partial charge is 0.412 e. The molecular formula is C24H25Cl2N5O4. The summed E-state index contributed by atoms with van der Waals surface area (Å²) in [5, 5.41) is 17.6. The Morgan fingerprint density at radius 3 is 2.51 bits per heavy atom. The van der Waals surface area contributed by atoms with Crippen molar-refractivity contribution in [2.75, 3.05) is 16.0 Å². The van der Waals surface area contributed by atoms with Crippen LogP contribution in [0.3, 0.4) is 0 Å². The van der Waals surface area contributed by atoms with Crippen molar-refractivity contribution in [1.29, 1.82) is 0 Å². The summed E-state index contributed by atoms with van der Waals surface area (Å²) in [7, 11) is 0. The molecule has 1 aromatic heterocycles. The van der Waals surface area contributed by atoms with Crippen LogP contribution in [0.25, 0.3) is 0 Å². The van der Waals surface area contributed by atoms with E-state index in [-0.39, 0.29) is 5.28 Å². The van der Waals surface area contributed by atoms with Crippen molar-refractivity contribution < 1.29 is 19.4 Å². The Hall–Kier alpha value is -3.56. The fraction of sp³-hybridized carbons (Fsp3) is 0.250. The van der Waals surface area contributed by atoms with Crippen molar-refractivity contribution in [2.45, 2.75) is 39.2 Å². The number of aromatic nitrogens is 2. The molecule has 1 heterocycles. The number of anilines is 4. The number of rotatable bonds is 7. The lowest BCUT2D eigenvalue weighted by Gasteiger charge is -2.21. The van der Waals surface area contributed by atoms with Gasteiger partial charge in [-0.3, -0.25) is 10.6 Å². The van der Waals surface area contributed by atoms with Crippen molar-refractivity contribution in [1.82, 2.24) is 9.97 Å². The number of carboxylic acid groups (broad SMARTS) is 1. The van der Waals surface area contributed by atoms with Crippen LogP contribution < -0.4 is 16.0 Å². The molecular weight excluding hydrogens is 493 g/mol. The van der Waals surface area contributed by atoms with Gasteiger partial charge in [0.1, 0.15) is 10.6 Å². The van der Waals surface area contributed by atoms with Crippen molar-refractivity contribution in [2.24, 2.45) is 0 Å². The number of carbonyl (C=O) groups excluding carboxylic acids is 1. The first-order valence-corrected chi connectivity index (χ1v) is 11.4. The SMILES string of the molecule is CC(C)(C)OC(=O)Nc1ccc(Nc2nc(Cl)ncc2Cl)cc1CCc1cccc(NC(=O)O)c1. The molecule has 0 atom stereocenters. The number of halogens is 2. The number of carbonyl (C=O) groups is 2. The van der Waals surface area contributed by atoms with E-state index in [9.17, 15) is 9.59 Å². The predicted octanol–water partition coefficient (Wildman–Crippen LogP) is 6.75. The van der Waals surface area contributed by atoms with Crippen LogP contribution in [0.1, 0.15) is 31.9 Å². The lowest BCUT2D eigenvalue weighted by atomic mass is 10.0. The highest BCUT2D eigenvalue weighted by Crippen LogP contribution is 2.28. The molecule has 3 rings (SSSR count). The van der Waals surface area contributed by atoms with Gasteiger partial charge < -0.3 is 15.2 Å². The lowest BCUT2D eigenvalue weighted by Crippen LogP contribution is -2.27. The van der Waals surface area contributed by atoms with Crippen LogP contribution in [0.5, 0.6) is 0 Å². The second-order valence-electron chi connectivity index (χ2n) is 8.59. The van der Waals surface area contributed by atoms with E-state index in [2.05, 4.69) is 25.9 Å². The summed E-state index contributed by atoms with van der Waals surface area (Å²) in [6.07, 6.45) is 0.819. The topological polar surface area (TPSA) is 125 Å². The summed E-state index contributed by atoms with van der Waals surface area (Å²) in [5.74, 6) is 0.345. The van der Waals surface area contributed by atoms with E-state index in [1.165, 1.54) is 6.20 Å². The highest BCUT2D eigenvalue weighted by Gasteiger charge is 2.18. The number of nitrogens with one attached hydrogen (secondary N) is 3. The molecule has 0 radical (unpaired) electrons. The van der Waals surface area contributed by atoms with E-state index >= 15 is 0 Å². The number of nitrogens with zero attached hydrogens (tertiary/aromatic N) is 2. The molecule has 184 valence electrons. The van der Waals surface area contributed by atoms with Gasteiger partial charge in [0, 0.05) is 17.1 Å². The van der Waals surface area contributed by atoms with Crippen LogP contribution in [0.4, 0.5) is 32.5 Å². The van der Waals surface area contributed by atoms with Crippen LogP contribution in [-0.4, -0.2) is 32.9 Å². The van der Waals surface area contributed by atoms with Crippen molar-refractivity contribution >= 4 is 58.3 Å². The van der Waals surface area contributed by atoms with Crippen molar-refractivity contribution in [3.05, 3.63) is 70.1 Å². The highest BCUT2D eigenvalue weighted by molar-refractivity contribution is 6.33. The molecule has 0 bridgehead atoms. The third-order valence-corrected chi connectivity index (χ3v) is 5.04. The van der Waals surface area contributed by atoms with Gasteiger partial charge in [-0.1, -0.05) is 23.7 Å². The third-order valence-electron chi connectivity index (χ3n) is 4.58. The molecule has 0 aliphatic heterocycles. The molecule has 2 aromatic carbocycles. The van der Waals surface area contributed by atoms with Gasteiger partial charge in [0.15, 0.2) is 5.82 Å². The number of amides is 2. The Labute approximate surface area is 212 Å². The minimum atomic E-state index is -1.13. The summed E-state index contributed by atoms with van der Waals surface area (Å²) in [6, 6.07) is 12.5. The molecule has 11 heteroatoms. The van der Waals surface area contributed by atoms with Gasteiger partial charge in [0.2, 0.25) is 5.28 Å². The second kappa shape index (κ2) is 11.2. The minimum Gasteiger partial charge on any atom is -0.465 e. The Bertz CT molecular complexity index is 1230. The zero-order valence-electron chi connectivity index (χ0n) is 19.4. The second-order valence-corrected chi connectivity index (χ2v) is 9.34. The summed E-state index contributed by atoms with van der Waals surface area (Å²) in [5.41, 5.74) is 2.82. The van der Waals surface area contributed by atoms with E-state index < -0.39 is 17.8 Å². The number of aryl methyl sites for hydroxylation is 2. The maximum absolute atomic E-state index is 12.4. The van der Waals surface area contributed by atoms with Gasteiger partial charge in [-0.2, -0.15) is 4.98 Å². The number of benzene rings is 2. The first-order valence-electron chi connectivity index (χ1n) is 10.7. The van der Waals surface area contributed by atoms with E-state index in [1.54, 1.807) is 51.1 Å². The van der Waals surface area contributed by atoms with Gasteiger partial charge in [0.25, 0.3) is 0 Å². The maximum Gasteiger partial charge on any atom is 0.412 e. The average molecular weight is 518 g/mol. The number of ether oxygens (including phenoxy) is 1. The fourth-order valence-corrected chi connectivity index (χ4v) is 3.46. The lowest BCUT2D eigenvalue weighted by molar-refractivity contribution is 0.0635. The molecule has 3 aromatic rings. The van der Waals surface area contributed by atoms with E-state index in [1.807, 2.05) is 12.1 Å². The summed E-state index contributed by atoms with van der Waals surface area (Å²) in [6.45, 7) is 5.36. The molecule has 4 N–H and O–H groups in total. The van der Waals surface area contributed by atoms with Crippen molar-refractivity contribution in [3.8, 4) is 0 Å². The first kappa shape index (κ1) is 26.1. The molecule has 0 aliphatic rings. The first-order chi connectivity index (χ1) is 16.5. The Balaban J connectivity index is 1.85. The van der Waals surface area contributed by atoms with Gasteiger partial charge in [-0.05, 0) is 86.7 Å². The largest absolute Gasteiger partial charge is 0.465 e. The molecule has 0 saturated carbocycles. The van der Waals surface area contributed by atoms with E-state index in [4.69, 9.17) is 33.0 Å².